The van der Waals surface area contributed by atoms with E-state index in [1.807, 2.05) is 0 Å². The number of methoxy groups -OCH3 is 1. The molecule has 1 aromatic heterocycles. The van der Waals surface area contributed by atoms with Crippen molar-refractivity contribution in [2.75, 3.05) is 26.1 Å². The molecule has 4 N–H and O–H groups in total. The number of carbonyl (C=O) groups excluding carboxylic acids is 1. The van der Waals surface area contributed by atoms with Crippen LogP contribution in [0, 0.1) is 17.7 Å². The highest BCUT2D eigenvalue weighted by Crippen LogP contribution is 2.37. The van der Waals surface area contributed by atoms with E-state index in [2.05, 4.69) is 27.5 Å². The van der Waals surface area contributed by atoms with E-state index in [4.69, 9.17) is 4.74 Å². The normalized spacial score (nSPS) is 15.2. The molecule has 2 aromatic rings. The number of hydrogen-bond donors (Lipinski definition) is 4. The van der Waals surface area contributed by atoms with Gasteiger partial charge in [-0.2, -0.15) is 0 Å². The van der Waals surface area contributed by atoms with E-state index in [1.165, 1.54) is 19.2 Å². The van der Waals surface area contributed by atoms with E-state index in [-0.39, 0.29) is 23.7 Å². The van der Waals surface area contributed by atoms with Crippen molar-refractivity contribution < 1.29 is 19.0 Å². The molecule has 1 aliphatic heterocycles. The van der Waals surface area contributed by atoms with E-state index < -0.39 is 11.9 Å². The predicted molar refractivity (Wildman–Crippen MR) is 97.1 cm³/mol. The molecule has 0 radical (unpaired) electrons. The fourth-order valence-corrected chi connectivity index (χ4v) is 2.70. The lowest BCUT2D eigenvalue weighted by Crippen LogP contribution is -2.27. The van der Waals surface area contributed by atoms with Crippen molar-refractivity contribution in [1.29, 1.82) is 0 Å². The Morgan fingerprint density at radius 2 is 2.23 bits per heavy atom. The van der Waals surface area contributed by atoms with Gasteiger partial charge in [0.15, 0.2) is 0 Å². The summed E-state index contributed by atoms with van der Waals surface area (Å²) in [5, 5.41) is 14.8. The van der Waals surface area contributed by atoms with Crippen LogP contribution in [0.25, 0.3) is 11.6 Å². The van der Waals surface area contributed by atoms with Crippen LogP contribution in [0.1, 0.15) is 16.8 Å². The van der Waals surface area contributed by atoms with Crippen molar-refractivity contribution in [1.82, 2.24) is 10.3 Å². The van der Waals surface area contributed by atoms with Crippen LogP contribution in [0.2, 0.25) is 0 Å². The largest absolute Gasteiger partial charge is 0.495 e. The van der Waals surface area contributed by atoms with Crippen molar-refractivity contribution in [3.63, 3.8) is 0 Å². The highest BCUT2D eigenvalue weighted by Gasteiger charge is 2.29. The summed E-state index contributed by atoms with van der Waals surface area (Å²) in [5.41, 5.74) is 1.87. The van der Waals surface area contributed by atoms with Gasteiger partial charge in [0.2, 0.25) is 0 Å². The summed E-state index contributed by atoms with van der Waals surface area (Å²) in [5.74, 6) is 5.21. The molecule has 2 heterocycles. The van der Waals surface area contributed by atoms with Gasteiger partial charge >= 0.3 is 0 Å². The lowest BCUT2D eigenvalue weighted by atomic mass is 9.99. The number of aliphatic hydroxyl groups is 1. The number of rotatable bonds is 4. The van der Waals surface area contributed by atoms with E-state index in [1.54, 1.807) is 25.4 Å². The maximum absolute atomic E-state index is 14.4. The SMILES string of the molecule is CNC(C#Cc1c(F)ccc2c1C(=Cc1[nH]ccc1OC)C(=O)N2)CO. The fourth-order valence-electron chi connectivity index (χ4n) is 2.70. The number of halogens is 1. The number of hydrogen-bond acceptors (Lipinski definition) is 4. The summed E-state index contributed by atoms with van der Waals surface area (Å²) in [6, 6.07) is 3.99. The first-order chi connectivity index (χ1) is 12.6. The molecule has 26 heavy (non-hydrogen) atoms. The number of anilines is 1. The number of H-pyrrole nitrogens is 1. The van der Waals surface area contributed by atoms with Crippen molar-refractivity contribution >= 4 is 23.2 Å². The van der Waals surface area contributed by atoms with Crippen molar-refractivity contribution in [3.05, 3.63) is 47.0 Å². The zero-order chi connectivity index (χ0) is 18.7. The minimum atomic E-state index is -0.537. The van der Waals surface area contributed by atoms with Gasteiger partial charge in [0.05, 0.1) is 42.3 Å². The lowest BCUT2D eigenvalue weighted by molar-refractivity contribution is -0.110. The van der Waals surface area contributed by atoms with Gasteiger partial charge in [-0.15, -0.1) is 0 Å². The number of aromatic amines is 1. The molecule has 3 rings (SSSR count). The average Bonchev–Trinajstić information content (AvgIpc) is 3.22. The first-order valence-electron chi connectivity index (χ1n) is 7.96. The van der Waals surface area contributed by atoms with Crippen LogP contribution in [-0.4, -0.2) is 42.8 Å². The van der Waals surface area contributed by atoms with E-state index >= 15 is 0 Å². The third-order valence-corrected chi connectivity index (χ3v) is 4.07. The second-order valence-electron chi connectivity index (χ2n) is 5.61. The summed E-state index contributed by atoms with van der Waals surface area (Å²) >= 11 is 0. The molecule has 7 heteroatoms. The Hall–Kier alpha value is -3.08. The standard InChI is InChI=1S/C19H18FN3O3/c1-21-11(10-24)3-4-12-14(20)5-6-15-18(12)13(19(25)23-15)9-16-17(26-2)7-8-22-16/h5-9,11,21-22,24H,10H2,1-2H3,(H,23,25). The minimum absolute atomic E-state index is 0.103. The maximum Gasteiger partial charge on any atom is 0.256 e. The maximum atomic E-state index is 14.4. The van der Waals surface area contributed by atoms with Crippen molar-refractivity contribution in [2.45, 2.75) is 6.04 Å². The van der Waals surface area contributed by atoms with Crippen LogP contribution >= 0.6 is 0 Å². The quantitative estimate of drug-likeness (QED) is 0.496. The number of amides is 1. The molecule has 1 amide bonds. The molecule has 0 fully saturated rings. The molecule has 1 aliphatic rings. The molecule has 0 saturated heterocycles. The molecule has 1 unspecified atom stereocenters. The molecule has 0 bridgehead atoms. The number of aromatic nitrogens is 1. The minimum Gasteiger partial charge on any atom is -0.495 e. The van der Waals surface area contributed by atoms with Gasteiger partial charge in [-0.05, 0) is 31.3 Å². The molecular formula is C19H18FN3O3. The second kappa shape index (κ2) is 7.44. The number of fused-ring (bicyclic) bond motifs is 1. The van der Waals surface area contributed by atoms with Crippen LogP contribution in [0.4, 0.5) is 10.1 Å². The Labute approximate surface area is 150 Å². The van der Waals surface area contributed by atoms with Crippen LogP contribution < -0.4 is 15.4 Å². The Bertz CT molecular complexity index is 933. The third kappa shape index (κ3) is 3.20. The van der Waals surface area contributed by atoms with Gasteiger partial charge in [0.1, 0.15) is 11.6 Å². The van der Waals surface area contributed by atoms with Gasteiger partial charge in [-0.3, -0.25) is 4.79 Å². The Balaban J connectivity index is 2.14. The highest BCUT2D eigenvalue weighted by molar-refractivity contribution is 6.35. The smallest absolute Gasteiger partial charge is 0.256 e. The Morgan fingerprint density at radius 1 is 1.42 bits per heavy atom. The monoisotopic (exact) mass is 355 g/mol. The molecule has 0 aliphatic carbocycles. The summed E-state index contributed by atoms with van der Waals surface area (Å²) in [6.45, 7) is -0.209. The zero-order valence-corrected chi connectivity index (χ0v) is 14.3. The zero-order valence-electron chi connectivity index (χ0n) is 14.3. The van der Waals surface area contributed by atoms with Crippen molar-refractivity contribution in [3.8, 4) is 17.6 Å². The molecule has 134 valence electrons. The van der Waals surface area contributed by atoms with Gasteiger partial charge in [-0.1, -0.05) is 11.8 Å². The summed E-state index contributed by atoms with van der Waals surface area (Å²) < 4.78 is 19.7. The first-order valence-corrected chi connectivity index (χ1v) is 7.96. The van der Waals surface area contributed by atoms with Gasteiger partial charge in [-0.25, -0.2) is 4.39 Å². The first kappa shape index (κ1) is 17.7. The number of likely N-dealkylation sites (N-methyl/N-ethyl adjacent to an activating group) is 1. The lowest BCUT2D eigenvalue weighted by Gasteiger charge is -2.06. The molecule has 1 atom stereocenters. The Kier molecular flexibility index (Phi) is 5.07. The number of carbonyl (C=O) groups is 1. The van der Waals surface area contributed by atoms with E-state index in [0.717, 1.165) is 0 Å². The second-order valence-corrected chi connectivity index (χ2v) is 5.61. The van der Waals surface area contributed by atoms with Crippen molar-refractivity contribution in [2.24, 2.45) is 0 Å². The average molecular weight is 355 g/mol. The molecule has 0 saturated carbocycles. The van der Waals surface area contributed by atoms with Gasteiger partial charge in [0, 0.05) is 11.8 Å². The summed E-state index contributed by atoms with van der Waals surface area (Å²) in [7, 11) is 3.17. The summed E-state index contributed by atoms with van der Waals surface area (Å²) in [4.78, 5) is 15.4. The Morgan fingerprint density at radius 3 is 2.92 bits per heavy atom. The van der Waals surface area contributed by atoms with Crippen LogP contribution in [0.5, 0.6) is 5.75 Å². The van der Waals surface area contributed by atoms with Crippen LogP contribution in [-0.2, 0) is 4.79 Å². The van der Waals surface area contributed by atoms with E-state index in [0.29, 0.717) is 22.7 Å². The number of benzene rings is 1. The highest BCUT2D eigenvalue weighted by atomic mass is 19.1. The van der Waals surface area contributed by atoms with E-state index in [9.17, 15) is 14.3 Å². The number of aliphatic hydroxyl groups excluding tert-OH is 1. The van der Waals surface area contributed by atoms with Gasteiger partial charge in [0.25, 0.3) is 5.91 Å². The molecule has 1 aromatic carbocycles. The molecule has 0 spiro atoms. The molecule has 6 nitrogen and oxygen atoms in total. The molecular weight excluding hydrogens is 337 g/mol. The number of nitrogens with one attached hydrogen (secondary N) is 3. The topological polar surface area (TPSA) is 86.4 Å². The van der Waals surface area contributed by atoms with Crippen LogP contribution in [0.15, 0.2) is 24.4 Å². The number of ether oxygens (including phenoxy) is 1. The fraction of sp³-hybridized carbons (Fsp3) is 0.211. The third-order valence-electron chi connectivity index (χ3n) is 4.07. The summed E-state index contributed by atoms with van der Waals surface area (Å²) in [6.07, 6.45) is 3.29. The van der Waals surface area contributed by atoms with Gasteiger partial charge < -0.3 is 25.5 Å². The van der Waals surface area contributed by atoms with Crippen LogP contribution in [0.3, 0.4) is 0 Å². The predicted octanol–water partition coefficient (Wildman–Crippen LogP) is 1.59.